The molecule has 0 spiro atoms. The lowest BCUT2D eigenvalue weighted by atomic mass is 10.1. The molecule has 1 amide bonds. The van der Waals surface area contributed by atoms with Crippen LogP contribution in [-0.4, -0.2) is 30.3 Å². The number of hydrogen-bond donors (Lipinski definition) is 2. The van der Waals surface area contributed by atoms with Crippen molar-refractivity contribution in [3.05, 3.63) is 29.8 Å². The molecule has 4 heteroatoms. The van der Waals surface area contributed by atoms with Crippen LogP contribution in [0.5, 0.6) is 5.75 Å². The molecule has 92 valence electrons. The van der Waals surface area contributed by atoms with Crippen LogP contribution in [0.4, 0.5) is 0 Å². The first kappa shape index (κ1) is 11.9. The third kappa shape index (κ3) is 3.20. The Hall–Kier alpha value is -1.55. The minimum Gasteiger partial charge on any atom is -0.507 e. The van der Waals surface area contributed by atoms with E-state index >= 15 is 0 Å². The average molecular weight is 235 g/mol. The minimum atomic E-state index is -0.253. The summed E-state index contributed by atoms with van der Waals surface area (Å²) in [6.45, 7) is 1.28. The van der Waals surface area contributed by atoms with Gasteiger partial charge in [-0.3, -0.25) is 4.79 Å². The molecule has 1 saturated heterocycles. The van der Waals surface area contributed by atoms with Gasteiger partial charge in [0.2, 0.25) is 0 Å². The number of ether oxygens (including phenoxy) is 1. The van der Waals surface area contributed by atoms with E-state index in [4.69, 9.17) is 4.74 Å². The number of carbonyl (C=O) groups excluding carboxylic acids is 1. The number of amides is 1. The molecule has 1 fully saturated rings. The largest absolute Gasteiger partial charge is 0.507 e. The van der Waals surface area contributed by atoms with Crippen molar-refractivity contribution in [2.75, 3.05) is 13.2 Å². The summed E-state index contributed by atoms with van der Waals surface area (Å²) in [5, 5.41) is 12.3. The minimum absolute atomic E-state index is 0.00885. The van der Waals surface area contributed by atoms with E-state index in [0.29, 0.717) is 12.1 Å². The van der Waals surface area contributed by atoms with Gasteiger partial charge in [0.15, 0.2) is 0 Å². The molecule has 1 aliphatic heterocycles. The molecule has 0 bridgehead atoms. The van der Waals surface area contributed by atoms with Gasteiger partial charge in [0, 0.05) is 13.2 Å². The molecule has 2 N–H and O–H groups in total. The Morgan fingerprint density at radius 1 is 1.41 bits per heavy atom. The molecule has 1 unspecified atom stereocenters. The molecule has 1 heterocycles. The molecule has 1 aliphatic rings. The highest BCUT2D eigenvalue weighted by Gasteiger charge is 2.16. The molecule has 1 aromatic carbocycles. The molecular formula is C13H17NO3. The van der Waals surface area contributed by atoms with Crippen LogP contribution >= 0.6 is 0 Å². The van der Waals surface area contributed by atoms with E-state index in [0.717, 1.165) is 25.9 Å². The Morgan fingerprint density at radius 2 is 2.24 bits per heavy atom. The lowest BCUT2D eigenvalue weighted by Gasteiger charge is -2.22. The molecule has 0 radical (unpaired) electrons. The van der Waals surface area contributed by atoms with Gasteiger partial charge in [-0.15, -0.1) is 0 Å². The molecule has 0 aliphatic carbocycles. The van der Waals surface area contributed by atoms with E-state index in [1.165, 1.54) is 6.07 Å². The van der Waals surface area contributed by atoms with Crippen molar-refractivity contribution in [3.63, 3.8) is 0 Å². The highest BCUT2D eigenvalue weighted by molar-refractivity contribution is 5.96. The number of carbonyl (C=O) groups is 1. The second-order valence-corrected chi connectivity index (χ2v) is 4.22. The molecule has 17 heavy (non-hydrogen) atoms. The van der Waals surface area contributed by atoms with Crippen molar-refractivity contribution in [1.29, 1.82) is 0 Å². The predicted molar refractivity (Wildman–Crippen MR) is 64.0 cm³/mol. The third-order valence-electron chi connectivity index (χ3n) is 2.91. The SMILES string of the molecule is O=C(NCC1CCCCO1)c1ccccc1O. The van der Waals surface area contributed by atoms with Gasteiger partial charge in [-0.25, -0.2) is 0 Å². The first-order chi connectivity index (χ1) is 8.27. The fraction of sp³-hybridized carbons (Fsp3) is 0.462. The number of benzene rings is 1. The van der Waals surface area contributed by atoms with Gasteiger partial charge in [-0.2, -0.15) is 0 Å². The zero-order chi connectivity index (χ0) is 12.1. The lowest BCUT2D eigenvalue weighted by molar-refractivity contribution is 0.0169. The van der Waals surface area contributed by atoms with Crippen LogP contribution in [0, 0.1) is 0 Å². The Kier molecular flexibility index (Phi) is 3.98. The van der Waals surface area contributed by atoms with Crippen LogP contribution in [0.1, 0.15) is 29.6 Å². The predicted octanol–water partition coefficient (Wildman–Crippen LogP) is 1.69. The average Bonchev–Trinajstić information content (AvgIpc) is 2.38. The molecule has 4 nitrogen and oxygen atoms in total. The van der Waals surface area contributed by atoms with Gasteiger partial charge in [0.1, 0.15) is 5.75 Å². The van der Waals surface area contributed by atoms with Crippen molar-refractivity contribution in [1.82, 2.24) is 5.32 Å². The monoisotopic (exact) mass is 235 g/mol. The van der Waals surface area contributed by atoms with Gasteiger partial charge in [-0.1, -0.05) is 12.1 Å². The normalized spacial score (nSPS) is 19.9. The van der Waals surface area contributed by atoms with E-state index in [-0.39, 0.29) is 17.8 Å². The van der Waals surface area contributed by atoms with Gasteiger partial charge >= 0.3 is 0 Å². The molecular weight excluding hydrogens is 218 g/mol. The third-order valence-corrected chi connectivity index (χ3v) is 2.91. The maximum Gasteiger partial charge on any atom is 0.255 e. The standard InChI is InChI=1S/C13H17NO3/c15-12-7-2-1-6-11(12)13(16)14-9-10-5-3-4-8-17-10/h1-2,6-7,10,15H,3-5,8-9H2,(H,14,16). The molecule has 0 aromatic heterocycles. The quantitative estimate of drug-likeness (QED) is 0.838. The number of rotatable bonds is 3. The summed E-state index contributed by atoms with van der Waals surface area (Å²) < 4.78 is 5.52. The lowest BCUT2D eigenvalue weighted by Crippen LogP contribution is -2.35. The Morgan fingerprint density at radius 3 is 2.94 bits per heavy atom. The summed E-state index contributed by atoms with van der Waals surface area (Å²) >= 11 is 0. The number of aromatic hydroxyl groups is 1. The van der Waals surface area contributed by atoms with E-state index in [9.17, 15) is 9.90 Å². The van der Waals surface area contributed by atoms with E-state index in [1.54, 1.807) is 18.2 Å². The maximum absolute atomic E-state index is 11.8. The van der Waals surface area contributed by atoms with Crippen LogP contribution < -0.4 is 5.32 Å². The summed E-state index contributed by atoms with van der Waals surface area (Å²) in [5.41, 5.74) is 0.309. The van der Waals surface area contributed by atoms with Gasteiger partial charge in [-0.05, 0) is 31.4 Å². The summed E-state index contributed by atoms with van der Waals surface area (Å²) in [5.74, 6) is -0.244. The van der Waals surface area contributed by atoms with Crippen LogP contribution in [-0.2, 0) is 4.74 Å². The van der Waals surface area contributed by atoms with Crippen molar-refractivity contribution in [2.45, 2.75) is 25.4 Å². The smallest absolute Gasteiger partial charge is 0.255 e. The summed E-state index contributed by atoms with van der Waals surface area (Å²) in [4.78, 5) is 11.8. The van der Waals surface area contributed by atoms with Crippen LogP contribution in [0.25, 0.3) is 0 Å². The van der Waals surface area contributed by atoms with E-state index in [2.05, 4.69) is 5.32 Å². The molecule has 1 atom stereocenters. The highest BCUT2D eigenvalue weighted by atomic mass is 16.5. The zero-order valence-electron chi connectivity index (χ0n) is 9.69. The fourth-order valence-electron chi connectivity index (χ4n) is 1.94. The summed E-state index contributed by atoms with van der Waals surface area (Å²) in [7, 11) is 0. The summed E-state index contributed by atoms with van der Waals surface area (Å²) in [6.07, 6.45) is 3.35. The Bertz CT molecular complexity index is 386. The second kappa shape index (κ2) is 5.68. The number of phenols is 1. The number of para-hydroxylation sites is 1. The first-order valence-electron chi connectivity index (χ1n) is 5.95. The summed E-state index contributed by atoms with van der Waals surface area (Å²) in [6, 6.07) is 6.53. The fourth-order valence-corrected chi connectivity index (χ4v) is 1.94. The van der Waals surface area contributed by atoms with Gasteiger partial charge in [0.05, 0.1) is 11.7 Å². The van der Waals surface area contributed by atoms with Crippen LogP contribution in [0.3, 0.4) is 0 Å². The van der Waals surface area contributed by atoms with E-state index < -0.39 is 0 Å². The van der Waals surface area contributed by atoms with Gasteiger partial charge < -0.3 is 15.2 Å². The highest BCUT2D eigenvalue weighted by Crippen LogP contribution is 2.16. The maximum atomic E-state index is 11.8. The molecule has 2 rings (SSSR count). The topological polar surface area (TPSA) is 58.6 Å². The Labute approximate surface area is 101 Å². The van der Waals surface area contributed by atoms with Crippen molar-refractivity contribution in [2.24, 2.45) is 0 Å². The molecule has 0 saturated carbocycles. The first-order valence-corrected chi connectivity index (χ1v) is 5.95. The number of nitrogens with one attached hydrogen (secondary N) is 1. The number of phenolic OH excluding ortho intramolecular Hbond substituents is 1. The van der Waals surface area contributed by atoms with Crippen molar-refractivity contribution < 1.29 is 14.6 Å². The van der Waals surface area contributed by atoms with Crippen molar-refractivity contribution >= 4 is 5.91 Å². The van der Waals surface area contributed by atoms with E-state index in [1.807, 2.05) is 0 Å². The second-order valence-electron chi connectivity index (χ2n) is 4.22. The Balaban J connectivity index is 1.87. The van der Waals surface area contributed by atoms with Crippen molar-refractivity contribution in [3.8, 4) is 5.75 Å². The van der Waals surface area contributed by atoms with Crippen LogP contribution in [0.2, 0.25) is 0 Å². The van der Waals surface area contributed by atoms with Gasteiger partial charge in [0.25, 0.3) is 5.91 Å². The number of hydrogen-bond acceptors (Lipinski definition) is 3. The van der Waals surface area contributed by atoms with Crippen LogP contribution in [0.15, 0.2) is 24.3 Å². The zero-order valence-corrected chi connectivity index (χ0v) is 9.69. The molecule has 1 aromatic rings.